The molecule has 1 aliphatic carbocycles. The largest absolute Gasteiger partial charge is 0.449 e. The first-order valence-electron chi connectivity index (χ1n) is 9.57. The lowest BCUT2D eigenvalue weighted by atomic mass is 9.88. The van der Waals surface area contributed by atoms with Crippen LogP contribution in [-0.2, 0) is 22.4 Å². The van der Waals surface area contributed by atoms with Gasteiger partial charge in [-0.15, -0.1) is 29.3 Å². The highest BCUT2D eigenvalue weighted by molar-refractivity contribution is 7.16. The van der Waals surface area contributed by atoms with Gasteiger partial charge in [0.2, 0.25) is 5.91 Å². The lowest BCUT2D eigenvalue weighted by Gasteiger charge is -2.23. The van der Waals surface area contributed by atoms with E-state index in [2.05, 4.69) is 18.0 Å². The third kappa shape index (κ3) is 5.38. The molecule has 0 bridgehead atoms. The number of nitriles is 1. The molecule has 0 saturated carbocycles. The summed E-state index contributed by atoms with van der Waals surface area (Å²) in [6.45, 7) is 4.39. The number of hydrogen-bond donors (Lipinski definition) is 1. The van der Waals surface area contributed by atoms with Crippen molar-refractivity contribution in [3.63, 3.8) is 0 Å². The molecule has 2 amide bonds. The Labute approximate surface area is 184 Å². The van der Waals surface area contributed by atoms with E-state index in [0.717, 1.165) is 34.6 Å². The van der Waals surface area contributed by atoms with Gasteiger partial charge in [0.25, 0.3) is 0 Å². The average molecular weight is 442 g/mol. The summed E-state index contributed by atoms with van der Waals surface area (Å²) < 4.78 is 5.41. The molecule has 0 fully saturated rings. The molecule has 3 rings (SSSR count). The molecular formula is C22H23N3O3S2. The molecule has 8 heteroatoms. The topological polar surface area (TPSA) is 82.4 Å². The Hall–Kier alpha value is -2.89. The zero-order valence-electron chi connectivity index (χ0n) is 16.7. The second-order valence-corrected chi connectivity index (χ2v) is 9.10. The van der Waals surface area contributed by atoms with E-state index in [1.54, 1.807) is 30.5 Å². The van der Waals surface area contributed by atoms with Gasteiger partial charge in [-0.05, 0) is 48.3 Å². The first-order valence-corrected chi connectivity index (χ1v) is 11.3. The molecule has 1 atom stereocenters. The van der Waals surface area contributed by atoms with Crippen molar-refractivity contribution in [2.24, 2.45) is 5.92 Å². The highest BCUT2D eigenvalue weighted by Gasteiger charge is 2.27. The number of ether oxygens (including phenoxy) is 1. The first kappa shape index (κ1) is 21.8. The Morgan fingerprint density at radius 2 is 2.33 bits per heavy atom. The number of thiophene rings is 2. The molecule has 2 aromatic heterocycles. The van der Waals surface area contributed by atoms with E-state index in [9.17, 15) is 14.9 Å². The predicted octanol–water partition coefficient (Wildman–Crippen LogP) is 4.69. The van der Waals surface area contributed by atoms with Crippen LogP contribution in [0.5, 0.6) is 0 Å². The van der Waals surface area contributed by atoms with E-state index in [1.807, 2.05) is 17.5 Å². The smallest absolute Gasteiger partial charge is 0.409 e. The van der Waals surface area contributed by atoms with Crippen LogP contribution in [0.1, 0.15) is 27.3 Å². The van der Waals surface area contributed by atoms with Gasteiger partial charge < -0.3 is 15.0 Å². The van der Waals surface area contributed by atoms with E-state index in [0.29, 0.717) is 23.7 Å². The van der Waals surface area contributed by atoms with E-state index >= 15 is 0 Å². The molecule has 1 aliphatic rings. The van der Waals surface area contributed by atoms with Gasteiger partial charge >= 0.3 is 6.09 Å². The lowest BCUT2D eigenvalue weighted by Crippen LogP contribution is -2.30. The Morgan fingerprint density at radius 3 is 3.03 bits per heavy atom. The highest BCUT2D eigenvalue weighted by Crippen LogP contribution is 2.39. The van der Waals surface area contributed by atoms with E-state index < -0.39 is 0 Å². The van der Waals surface area contributed by atoms with Crippen molar-refractivity contribution >= 4 is 45.8 Å². The third-order valence-electron chi connectivity index (χ3n) is 4.82. The minimum absolute atomic E-state index is 0.200. The summed E-state index contributed by atoms with van der Waals surface area (Å²) in [6.07, 6.45) is 6.82. The Bertz CT molecular complexity index is 986. The van der Waals surface area contributed by atoms with Crippen LogP contribution in [0.3, 0.4) is 0 Å². The molecule has 6 nitrogen and oxygen atoms in total. The minimum Gasteiger partial charge on any atom is -0.449 e. The molecule has 0 aromatic carbocycles. The molecule has 30 heavy (non-hydrogen) atoms. The second-order valence-electron chi connectivity index (χ2n) is 7.01. The Balaban J connectivity index is 1.62. The van der Waals surface area contributed by atoms with Gasteiger partial charge in [-0.3, -0.25) is 4.79 Å². The maximum absolute atomic E-state index is 12.3. The molecule has 1 N–H and O–H groups in total. The van der Waals surface area contributed by atoms with E-state index in [-0.39, 0.29) is 17.9 Å². The van der Waals surface area contributed by atoms with Gasteiger partial charge in [-0.2, -0.15) is 5.26 Å². The van der Waals surface area contributed by atoms with Crippen molar-refractivity contribution in [1.29, 1.82) is 5.26 Å². The number of nitrogens with one attached hydrogen (secondary N) is 1. The summed E-state index contributed by atoms with van der Waals surface area (Å²) in [5, 5.41) is 15.0. The van der Waals surface area contributed by atoms with Crippen LogP contribution in [0.4, 0.5) is 9.80 Å². The van der Waals surface area contributed by atoms with Crippen LogP contribution in [0, 0.1) is 17.2 Å². The van der Waals surface area contributed by atoms with Crippen molar-refractivity contribution in [3.8, 4) is 6.07 Å². The van der Waals surface area contributed by atoms with Crippen LogP contribution in [0.25, 0.3) is 6.08 Å². The van der Waals surface area contributed by atoms with Crippen LogP contribution in [0.15, 0.2) is 36.2 Å². The molecule has 0 radical (unpaired) electrons. The number of anilines is 1. The van der Waals surface area contributed by atoms with E-state index in [1.165, 1.54) is 22.3 Å². The van der Waals surface area contributed by atoms with E-state index in [4.69, 9.17) is 4.74 Å². The van der Waals surface area contributed by atoms with Gasteiger partial charge in [0, 0.05) is 29.4 Å². The van der Waals surface area contributed by atoms with Crippen molar-refractivity contribution in [2.45, 2.75) is 19.3 Å². The molecular weight excluding hydrogens is 418 g/mol. The van der Waals surface area contributed by atoms with Gasteiger partial charge in [0.1, 0.15) is 11.1 Å². The number of nitrogens with zero attached hydrogens (tertiary/aromatic N) is 2. The monoisotopic (exact) mass is 441 g/mol. The summed E-state index contributed by atoms with van der Waals surface area (Å²) >= 11 is 2.99. The number of rotatable bonds is 7. The summed E-state index contributed by atoms with van der Waals surface area (Å²) in [7, 11) is 1.67. The normalized spacial score (nSPS) is 15.3. The fraction of sp³-hybridized carbons (Fsp3) is 0.318. The van der Waals surface area contributed by atoms with Gasteiger partial charge in [0.15, 0.2) is 0 Å². The minimum atomic E-state index is -0.366. The number of amides is 2. The zero-order chi connectivity index (χ0) is 21.5. The van der Waals surface area contributed by atoms with Crippen LogP contribution < -0.4 is 5.32 Å². The van der Waals surface area contributed by atoms with Gasteiger partial charge in [-0.1, -0.05) is 12.1 Å². The maximum Gasteiger partial charge on any atom is 0.409 e. The second kappa shape index (κ2) is 10.2. The van der Waals surface area contributed by atoms with Crippen molar-refractivity contribution in [2.75, 3.05) is 25.5 Å². The molecule has 156 valence electrons. The molecule has 1 unspecified atom stereocenters. The standard InChI is InChI=1S/C22H23N3O3S2/c1-3-10-25(2)22(27)28-14-15-6-8-17-18(13-23)21(30-19(17)12-15)24-20(26)9-7-16-5-4-11-29-16/h3-5,7,9,11,15H,1,6,8,10,12,14H2,2H3,(H,24,26). The van der Waals surface area contributed by atoms with Crippen LogP contribution >= 0.6 is 22.7 Å². The molecule has 2 aromatic rings. The van der Waals surface area contributed by atoms with Gasteiger partial charge in [-0.25, -0.2) is 4.79 Å². The summed E-state index contributed by atoms with van der Waals surface area (Å²) in [4.78, 5) is 27.8. The first-order chi connectivity index (χ1) is 14.5. The van der Waals surface area contributed by atoms with Crippen LogP contribution in [-0.4, -0.2) is 37.1 Å². The SMILES string of the molecule is C=CCN(C)C(=O)OCC1CCc2c(sc(NC(=O)C=Cc3cccs3)c2C#N)C1. The fourth-order valence-corrected chi connectivity index (χ4v) is 5.20. The molecule has 0 spiro atoms. The Kier molecular flexibility index (Phi) is 7.44. The maximum atomic E-state index is 12.3. The quantitative estimate of drug-likeness (QED) is 0.499. The summed E-state index contributed by atoms with van der Waals surface area (Å²) in [6, 6.07) is 6.10. The summed E-state index contributed by atoms with van der Waals surface area (Å²) in [5.41, 5.74) is 1.56. The fourth-order valence-electron chi connectivity index (χ4n) is 3.27. The van der Waals surface area contributed by atoms with Crippen LogP contribution in [0.2, 0.25) is 0 Å². The Morgan fingerprint density at radius 1 is 1.50 bits per heavy atom. The number of fused-ring (bicyclic) bond motifs is 1. The lowest BCUT2D eigenvalue weighted by molar-refractivity contribution is -0.111. The highest BCUT2D eigenvalue weighted by atomic mass is 32.1. The number of carbonyl (C=O) groups is 2. The molecule has 2 heterocycles. The number of likely N-dealkylation sites (N-methyl/N-ethyl adjacent to an activating group) is 1. The zero-order valence-corrected chi connectivity index (χ0v) is 18.4. The molecule has 0 saturated heterocycles. The van der Waals surface area contributed by atoms with Crippen molar-refractivity contribution in [1.82, 2.24) is 4.90 Å². The van der Waals surface area contributed by atoms with Gasteiger partial charge in [0.05, 0.1) is 12.2 Å². The van der Waals surface area contributed by atoms with Crippen molar-refractivity contribution < 1.29 is 14.3 Å². The predicted molar refractivity (Wildman–Crippen MR) is 121 cm³/mol. The van der Waals surface area contributed by atoms with Crippen molar-refractivity contribution in [3.05, 3.63) is 57.1 Å². The molecule has 0 aliphatic heterocycles. The summed E-state index contributed by atoms with van der Waals surface area (Å²) in [5.74, 6) is -0.0553. The average Bonchev–Trinajstić information content (AvgIpc) is 3.37. The third-order valence-corrected chi connectivity index (χ3v) is 6.82. The number of carbonyl (C=O) groups excluding carboxylic acids is 2. The number of hydrogen-bond acceptors (Lipinski definition) is 6.